The first-order valence-electron chi connectivity index (χ1n) is 10.3. The van der Waals surface area contributed by atoms with Crippen LogP contribution in [-0.2, 0) is 4.74 Å². The normalized spacial score (nSPS) is 22.2. The summed E-state index contributed by atoms with van der Waals surface area (Å²) in [5, 5.41) is 2.79. The molecule has 2 fully saturated rings. The molecule has 0 spiro atoms. The predicted molar refractivity (Wildman–Crippen MR) is 113 cm³/mol. The summed E-state index contributed by atoms with van der Waals surface area (Å²) in [6.45, 7) is 4.83. The van der Waals surface area contributed by atoms with E-state index in [2.05, 4.69) is 59.1 Å². The van der Waals surface area contributed by atoms with Crippen molar-refractivity contribution in [1.29, 1.82) is 0 Å². The first-order valence-corrected chi connectivity index (χ1v) is 11.4. The molecule has 140 valence electrons. The molecule has 0 amide bonds. The summed E-state index contributed by atoms with van der Waals surface area (Å²) in [4.78, 5) is 2.63. The van der Waals surface area contributed by atoms with E-state index < -0.39 is 0 Å². The summed E-state index contributed by atoms with van der Waals surface area (Å²) >= 11 is 2.14. The van der Waals surface area contributed by atoms with Crippen LogP contribution in [0.3, 0.4) is 0 Å². The molecule has 2 unspecified atom stereocenters. The molecule has 3 heteroatoms. The van der Waals surface area contributed by atoms with E-state index in [4.69, 9.17) is 4.74 Å². The lowest BCUT2D eigenvalue weighted by Crippen LogP contribution is -2.22. The maximum atomic E-state index is 5.99. The highest BCUT2D eigenvalue weighted by Crippen LogP contribution is 2.34. The van der Waals surface area contributed by atoms with Gasteiger partial charge in [0.25, 0.3) is 0 Å². The fraction of sp³-hybridized carbons (Fsp3) is 0.565. The molecule has 0 bridgehead atoms. The number of thioether (sulfide) groups is 1. The number of rotatable bonds is 8. The van der Waals surface area contributed by atoms with Crippen LogP contribution in [0.4, 0.5) is 0 Å². The third-order valence-electron chi connectivity index (χ3n) is 5.90. The SMILES string of the molecule is c1ccc2c(C(CSCCN3CCCC3)CC3CCCO3)cccc2c1. The van der Waals surface area contributed by atoms with Crippen molar-refractivity contribution in [3.63, 3.8) is 0 Å². The number of hydrogen-bond acceptors (Lipinski definition) is 3. The minimum Gasteiger partial charge on any atom is -0.378 e. The molecule has 2 heterocycles. The lowest BCUT2D eigenvalue weighted by Gasteiger charge is -2.23. The van der Waals surface area contributed by atoms with E-state index >= 15 is 0 Å². The average Bonchev–Trinajstić information content (AvgIpc) is 3.38. The maximum absolute atomic E-state index is 5.99. The average molecular weight is 370 g/mol. The van der Waals surface area contributed by atoms with Crippen molar-refractivity contribution in [2.24, 2.45) is 0 Å². The minimum absolute atomic E-state index is 0.457. The van der Waals surface area contributed by atoms with Gasteiger partial charge in [0.1, 0.15) is 0 Å². The van der Waals surface area contributed by atoms with E-state index in [1.54, 1.807) is 0 Å². The molecule has 4 rings (SSSR count). The lowest BCUT2D eigenvalue weighted by atomic mass is 9.90. The van der Waals surface area contributed by atoms with Crippen LogP contribution in [0.25, 0.3) is 10.8 Å². The van der Waals surface area contributed by atoms with Crippen LogP contribution in [0, 0.1) is 0 Å². The minimum atomic E-state index is 0.457. The Balaban J connectivity index is 1.44. The standard InChI is InChI=1S/C23H31NOS/c1-2-10-22-19(7-1)8-5-11-23(22)20(17-21-9-6-15-25-21)18-26-16-14-24-12-3-4-13-24/h1-2,5,7-8,10-11,20-21H,3-4,6,9,12-18H2. The Morgan fingerprint density at radius 2 is 1.88 bits per heavy atom. The number of fused-ring (bicyclic) bond motifs is 1. The molecule has 2 saturated heterocycles. The fourth-order valence-corrected chi connectivity index (χ4v) is 5.62. The van der Waals surface area contributed by atoms with Gasteiger partial charge in [-0.1, -0.05) is 42.5 Å². The molecule has 0 aromatic heterocycles. The summed E-state index contributed by atoms with van der Waals surface area (Å²) in [6, 6.07) is 15.7. The van der Waals surface area contributed by atoms with Crippen LogP contribution in [0.1, 0.15) is 43.6 Å². The molecule has 0 aliphatic carbocycles. The van der Waals surface area contributed by atoms with Gasteiger partial charge >= 0.3 is 0 Å². The zero-order valence-corrected chi connectivity index (χ0v) is 16.6. The third kappa shape index (κ3) is 4.62. The summed E-state index contributed by atoms with van der Waals surface area (Å²) < 4.78 is 5.99. The predicted octanol–water partition coefficient (Wildman–Crippen LogP) is 5.32. The number of hydrogen-bond donors (Lipinski definition) is 0. The van der Waals surface area contributed by atoms with Gasteiger partial charge in [0.15, 0.2) is 0 Å². The first-order chi connectivity index (χ1) is 12.9. The first kappa shape index (κ1) is 18.3. The largest absolute Gasteiger partial charge is 0.378 e. The Bertz CT molecular complexity index is 686. The number of benzene rings is 2. The third-order valence-corrected chi connectivity index (χ3v) is 7.01. The van der Waals surface area contributed by atoms with Gasteiger partial charge in [0, 0.05) is 24.7 Å². The van der Waals surface area contributed by atoms with Crippen molar-refractivity contribution in [2.75, 3.05) is 37.7 Å². The Kier molecular flexibility index (Phi) is 6.53. The summed E-state index contributed by atoms with van der Waals surface area (Å²) in [5.41, 5.74) is 1.52. The molecule has 2 nitrogen and oxygen atoms in total. The molecule has 26 heavy (non-hydrogen) atoms. The molecular formula is C23H31NOS. The van der Waals surface area contributed by atoms with Crippen LogP contribution in [0.15, 0.2) is 42.5 Å². The van der Waals surface area contributed by atoms with Crippen molar-refractivity contribution >= 4 is 22.5 Å². The van der Waals surface area contributed by atoms with Crippen LogP contribution < -0.4 is 0 Å². The molecule has 2 aromatic rings. The molecule has 0 N–H and O–H groups in total. The molecule has 2 aliphatic rings. The monoisotopic (exact) mass is 369 g/mol. The Labute approximate surface area is 162 Å². The lowest BCUT2D eigenvalue weighted by molar-refractivity contribution is 0.0997. The number of likely N-dealkylation sites (tertiary alicyclic amines) is 1. The topological polar surface area (TPSA) is 12.5 Å². The van der Waals surface area contributed by atoms with Gasteiger partial charge in [0.2, 0.25) is 0 Å². The summed E-state index contributed by atoms with van der Waals surface area (Å²) in [7, 11) is 0. The number of nitrogens with zero attached hydrogens (tertiary/aromatic N) is 1. The highest BCUT2D eigenvalue weighted by Gasteiger charge is 2.23. The second-order valence-electron chi connectivity index (χ2n) is 7.76. The highest BCUT2D eigenvalue weighted by atomic mass is 32.2. The Morgan fingerprint density at radius 1 is 1.04 bits per heavy atom. The molecule has 2 aliphatic heterocycles. The fourth-order valence-electron chi connectivity index (χ4n) is 4.46. The summed E-state index contributed by atoms with van der Waals surface area (Å²) in [6.07, 6.45) is 6.88. The van der Waals surface area contributed by atoms with Gasteiger partial charge in [-0.2, -0.15) is 11.8 Å². The molecule has 0 radical (unpaired) electrons. The zero-order chi connectivity index (χ0) is 17.6. The second-order valence-corrected chi connectivity index (χ2v) is 8.91. The van der Waals surface area contributed by atoms with E-state index in [9.17, 15) is 0 Å². The van der Waals surface area contributed by atoms with Gasteiger partial charge in [-0.05, 0) is 67.4 Å². The van der Waals surface area contributed by atoms with Gasteiger partial charge in [-0.3, -0.25) is 0 Å². The van der Waals surface area contributed by atoms with Crippen LogP contribution in [0.5, 0.6) is 0 Å². The van der Waals surface area contributed by atoms with Crippen molar-refractivity contribution in [3.8, 4) is 0 Å². The molecule has 2 atom stereocenters. The van der Waals surface area contributed by atoms with E-state index in [1.807, 2.05) is 0 Å². The maximum Gasteiger partial charge on any atom is 0.0582 e. The van der Waals surface area contributed by atoms with E-state index in [0.29, 0.717) is 12.0 Å². The van der Waals surface area contributed by atoms with Crippen LogP contribution in [0.2, 0.25) is 0 Å². The van der Waals surface area contributed by atoms with Gasteiger partial charge in [-0.15, -0.1) is 0 Å². The van der Waals surface area contributed by atoms with Gasteiger partial charge in [0.05, 0.1) is 6.10 Å². The van der Waals surface area contributed by atoms with E-state index in [-0.39, 0.29) is 0 Å². The Hall–Kier alpha value is -1.03. The second kappa shape index (κ2) is 9.25. The van der Waals surface area contributed by atoms with E-state index in [0.717, 1.165) is 6.61 Å². The van der Waals surface area contributed by atoms with Crippen molar-refractivity contribution in [2.45, 2.75) is 44.1 Å². The smallest absolute Gasteiger partial charge is 0.0582 e. The molecule has 0 saturated carbocycles. The van der Waals surface area contributed by atoms with E-state index in [1.165, 1.54) is 79.6 Å². The van der Waals surface area contributed by atoms with Gasteiger partial charge in [-0.25, -0.2) is 0 Å². The quantitative estimate of drug-likeness (QED) is 0.584. The Morgan fingerprint density at radius 3 is 2.73 bits per heavy atom. The highest BCUT2D eigenvalue weighted by molar-refractivity contribution is 7.99. The van der Waals surface area contributed by atoms with Crippen molar-refractivity contribution in [1.82, 2.24) is 4.90 Å². The van der Waals surface area contributed by atoms with Crippen LogP contribution >= 0.6 is 11.8 Å². The van der Waals surface area contributed by atoms with Crippen molar-refractivity contribution in [3.05, 3.63) is 48.0 Å². The molecule has 2 aromatic carbocycles. The molecular weight excluding hydrogens is 338 g/mol. The van der Waals surface area contributed by atoms with Crippen molar-refractivity contribution < 1.29 is 4.74 Å². The number of ether oxygens (including phenoxy) is 1. The zero-order valence-electron chi connectivity index (χ0n) is 15.7. The van der Waals surface area contributed by atoms with Gasteiger partial charge < -0.3 is 9.64 Å². The van der Waals surface area contributed by atoms with Crippen LogP contribution in [-0.4, -0.2) is 48.8 Å². The summed E-state index contributed by atoms with van der Waals surface area (Å²) in [5.74, 6) is 3.06.